The van der Waals surface area contributed by atoms with Crippen LogP contribution in [0.3, 0.4) is 0 Å². The molecule has 2 heterocycles. The van der Waals surface area contributed by atoms with Crippen LogP contribution < -0.4 is 14.8 Å². The molecule has 0 saturated carbocycles. The van der Waals surface area contributed by atoms with Crippen molar-refractivity contribution in [1.82, 2.24) is 4.98 Å². The second kappa shape index (κ2) is 9.09. The summed E-state index contributed by atoms with van der Waals surface area (Å²) in [7, 11) is 1.62. The van der Waals surface area contributed by atoms with E-state index in [9.17, 15) is 5.26 Å². The van der Waals surface area contributed by atoms with Crippen LogP contribution in [0.4, 0.5) is 5.88 Å². The van der Waals surface area contributed by atoms with E-state index in [0.29, 0.717) is 29.7 Å². The van der Waals surface area contributed by atoms with E-state index in [1.807, 2.05) is 61.5 Å². The fraction of sp³-hybridized carbons (Fsp3) is 0.167. The van der Waals surface area contributed by atoms with E-state index in [1.54, 1.807) is 19.2 Å². The van der Waals surface area contributed by atoms with Gasteiger partial charge >= 0.3 is 0 Å². The lowest BCUT2D eigenvalue weighted by Crippen LogP contribution is -1.99. The maximum atomic E-state index is 9.39. The van der Waals surface area contributed by atoms with E-state index in [2.05, 4.69) is 10.3 Å². The molecule has 1 N–H and O–H groups in total. The third-order valence-electron chi connectivity index (χ3n) is 4.62. The number of nitriles is 1. The lowest BCUT2D eigenvalue weighted by atomic mass is 10.1. The molecule has 7 nitrogen and oxygen atoms in total. The van der Waals surface area contributed by atoms with Gasteiger partial charge < -0.3 is 23.6 Å². The maximum absolute atomic E-state index is 9.39. The van der Waals surface area contributed by atoms with Crippen molar-refractivity contribution in [1.29, 1.82) is 5.26 Å². The Morgan fingerprint density at radius 1 is 0.968 bits per heavy atom. The quantitative estimate of drug-likeness (QED) is 0.416. The van der Waals surface area contributed by atoms with Crippen molar-refractivity contribution in [3.8, 4) is 29.2 Å². The van der Waals surface area contributed by atoms with Gasteiger partial charge in [0.25, 0.3) is 5.89 Å². The van der Waals surface area contributed by atoms with Gasteiger partial charge in [0.2, 0.25) is 11.6 Å². The molecule has 4 rings (SSSR count). The Hall–Kier alpha value is -4.18. The highest BCUT2D eigenvalue weighted by atomic mass is 16.5. The normalized spacial score (nSPS) is 10.5. The van der Waals surface area contributed by atoms with Crippen LogP contribution in [0.5, 0.6) is 11.5 Å². The van der Waals surface area contributed by atoms with Gasteiger partial charge in [0, 0.05) is 6.54 Å². The first-order chi connectivity index (χ1) is 15.1. The number of anilines is 1. The van der Waals surface area contributed by atoms with Crippen molar-refractivity contribution in [2.45, 2.75) is 20.1 Å². The number of benzene rings is 2. The second-order valence-corrected chi connectivity index (χ2v) is 6.88. The first-order valence-electron chi connectivity index (χ1n) is 9.71. The first-order valence-corrected chi connectivity index (χ1v) is 9.71. The monoisotopic (exact) mass is 415 g/mol. The molecular weight excluding hydrogens is 394 g/mol. The first kappa shape index (κ1) is 20.1. The zero-order valence-corrected chi connectivity index (χ0v) is 17.2. The molecule has 0 saturated heterocycles. The van der Waals surface area contributed by atoms with Crippen molar-refractivity contribution < 1.29 is 18.3 Å². The van der Waals surface area contributed by atoms with E-state index in [0.717, 1.165) is 11.3 Å². The summed E-state index contributed by atoms with van der Waals surface area (Å²) < 4.78 is 22.4. The summed E-state index contributed by atoms with van der Waals surface area (Å²) in [6.07, 6.45) is 0. The molecule has 0 bridgehead atoms. The Labute approximate surface area is 179 Å². The van der Waals surface area contributed by atoms with Crippen LogP contribution in [0.25, 0.3) is 11.7 Å². The number of methoxy groups -OCH3 is 1. The highest BCUT2D eigenvalue weighted by molar-refractivity contribution is 5.54. The Balaban J connectivity index is 1.41. The van der Waals surface area contributed by atoms with Gasteiger partial charge in [-0.1, -0.05) is 29.8 Å². The number of furan rings is 1. The summed E-state index contributed by atoms with van der Waals surface area (Å²) in [5.74, 6) is 3.04. The van der Waals surface area contributed by atoms with Gasteiger partial charge in [-0.15, -0.1) is 0 Å². The van der Waals surface area contributed by atoms with Crippen molar-refractivity contribution in [3.63, 3.8) is 0 Å². The molecule has 0 unspecified atom stereocenters. The molecule has 0 aliphatic carbocycles. The van der Waals surface area contributed by atoms with Gasteiger partial charge in [-0.2, -0.15) is 10.2 Å². The van der Waals surface area contributed by atoms with Gasteiger partial charge in [-0.3, -0.25) is 0 Å². The van der Waals surface area contributed by atoms with E-state index in [4.69, 9.17) is 18.3 Å². The molecule has 2 aromatic carbocycles. The maximum Gasteiger partial charge on any atom is 0.266 e. The molecule has 7 heteroatoms. The van der Waals surface area contributed by atoms with E-state index < -0.39 is 0 Å². The van der Waals surface area contributed by atoms with Gasteiger partial charge in [-0.25, -0.2) is 0 Å². The molecular formula is C24H21N3O4. The molecule has 0 atom stereocenters. The highest BCUT2D eigenvalue weighted by Gasteiger charge is 2.17. The molecule has 4 aromatic rings. The molecule has 156 valence electrons. The summed E-state index contributed by atoms with van der Waals surface area (Å²) in [5, 5.41) is 12.5. The summed E-state index contributed by atoms with van der Waals surface area (Å²) in [6.45, 7) is 2.80. The van der Waals surface area contributed by atoms with Gasteiger partial charge in [-0.05, 0) is 48.9 Å². The fourth-order valence-corrected chi connectivity index (χ4v) is 2.91. The number of nitrogens with one attached hydrogen (secondary N) is 1. The van der Waals surface area contributed by atoms with Crippen LogP contribution in [0.2, 0.25) is 0 Å². The van der Waals surface area contributed by atoms with Gasteiger partial charge in [0.15, 0.2) is 5.76 Å². The van der Waals surface area contributed by atoms with Crippen molar-refractivity contribution in [3.05, 3.63) is 83.2 Å². The Morgan fingerprint density at radius 2 is 1.71 bits per heavy atom. The summed E-state index contributed by atoms with van der Waals surface area (Å²) in [6, 6.07) is 21.0. The SMILES string of the molecule is COc1ccc(OCc2ccc(-c3nc(C#N)c(NCc4ccc(C)cc4)o3)o2)cc1. The number of nitrogens with zero attached hydrogens (tertiary/aromatic N) is 2. The molecule has 0 radical (unpaired) electrons. The number of oxazole rings is 1. The second-order valence-electron chi connectivity index (χ2n) is 6.88. The van der Waals surface area contributed by atoms with Gasteiger partial charge in [0.1, 0.15) is 29.9 Å². The lowest BCUT2D eigenvalue weighted by Gasteiger charge is -2.05. The minimum absolute atomic E-state index is 0.176. The minimum Gasteiger partial charge on any atom is -0.497 e. The number of rotatable bonds is 8. The molecule has 2 aromatic heterocycles. The van der Waals surface area contributed by atoms with Crippen molar-refractivity contribution in [2.75, 3.05) is 12.4 Å². The predicted octanol–water partition coefficient (Wildman–Crippen LogP) is 5.31. The average Bonchev–Trinajstić information content (AvgIpc) is 3.44. The number of hydrogen-bond donors (Lipinski definition) is 1. The summed E-state index contributed by atoms with van der Waals surface area (Å²) in [4.78, 5) is 4.24. The van der Waals surface area contributed by atoms with E-state index in [-0.39, 0.29) is 18.2 Å². The van der Waals surface area contributed by atoms with E-state index in [1.165, 1.54) is 5.56 Å². The standard InChI is InChI=1S/C24H21N3O4/c1-16-3-5-17(6-4-16)14-26-23-21(13-25)27-24(31-23)22-12-11-20(30-22)15-29-19-9-7-18(28-2)8-10-19/h3-12,26H,14-15H2,1-2H3. The van der Waals surface area contributed by atoms with Crippen LogP contribution >= 0.6 is 0 Å². The predicted molar refractivity (Wildman–Crippen MR) is 115 cm³/mol. The van der Waals surface area contributed by atoms with E-state index >= 15 is 0 Å². The van der Waals surface area contributed by atoms with Crippen LogP contribution in [0, 0.1) is 18.3 Å². The molecule has 0 aliphatic heterocycles. The highest BCUT2D eigenvalue weighted by Crippen LogP contribution is 2.28. The zero-order chi connectivity index (χ0) is 21.6. The largest absolute Gasteiger partial charge is 0.497 e. The van der Waals surface area contributed by atoms with Crippen LogP contribution in [-0.4, -0.2) is 12.1 Å². The Kier molecular flexibility index (Phi) is 5.90. The average molecular weight is 415 g/mol. The van der Waals surface area contributed by atoms with Crippen molar-refractivity contribution in [2.24, 2.45) is 0 Å². The number of hydrogen-bond acceptors (Lipinski definition) is 7. The smallest absolute Gasteiger partial charge is 0.266 e. The number of ether oxygens (including phenoxy) is 2. The van der Waals surface area contributed by atoms with Crippen LogP contribution in [-0.2, 0) is 13.2 Å². The van der Waals surface area contributed by atoms with Crippen LogP contribution in [0.1, 0.15) is 22.6 Å². The minimum atomic E-state index is 0.176. The van der Waals surface area contributed by atoms with Crippen LogP contribution in [0.15, 0.2) is 69.5 Å². The Morgan fingerprint density at radius 3 is 2.42 bits per heavy atom. The number of aromatic nitrogens is 1. The lowest BCUT2D eigenvalue weighted by molar-refractivity contribution is 0.270. The summed E-state index contributed by atoms with van der Waals surface area (Å²) >= 11 is 0. The Bertz CT molecular complexity index is 1190. The topological polar surface area (TPSA) is 93.5 Å². The van der Waals surface area contributed by atoms with Crippen molar-refractivity contribution >= 4 is 5.88 Å². The molecule has 0 fully saturated rings. The molecule has 31 heavy (non-hydrogen) atoms. The number of aryl methyl sites for hydroxylation is 1. The molecule has 0 amide bonds. The third-order valence-corrected chi connectivity index (χ3v) is 4.62. The summed E-state index contributed by atoms with van der Waals surface area (Å²) in [5.41, 5.74) is 2.44. The molecule has 0 aliphatic rings. The molecule has 0 spiro atoms. The van der Waals surface area contributed by atoms with Gasteiger partial charge in [0.05, 0.1) is 7.11 Å². The third kappa shape index (κ3) is 4.87. The zero-order valence-electron chi connectivity index (χ0n) is 17.2. The fourth-order valence-electron chi connectivity index (χ4n) is 2.91.